The zero-order valence-electron chi connectivity index (χ0n) is 12.6. The van der Waals surface area contributed by atoms with Crippen molar-refractivity contribution < 1.29 is 4.79 Å². The van der Waals surface area contributed by atoms with E-state index >= 15 is 0 Å². The van der Waals surface area contributed by atoms with Gasteiger partial charge in [0.1, 0.15) is 5.15 Å². The van der Waals surface area contributed by atoms with Crippen molar-refractivity contribution in [2.45, 2.75) is 33.1 Å². The third-order valence-electron chi connectivity index (χ3n) is 2.98. The van der Waals surface area contributed by atoms with Crippen molar-refractivity contribution in [3.05, 3.63) is 52.6 Å². The number of carbonyl (C=O) groups excluding carboxylic acids is 1. The first-order valence-corrected chi connectivity index (χ1v) is 7.05. The molecule has 21 heavy (non-hydrogen) atoms. The van der Waals surface area contributed by atoms with Gasteiger partial charge in [0.15, 0.2) is 0 Å². The molecule has 1 amide bonds. The highest BCUT2D eigenvalue weighted by atomic mass is 35.5. The molecular weight excluding hydrogens is 286 g/mol. The molecule has 0 aliphatic heterocycles. The summed E-state index contributed by atoms with van der Waals surface area (Å²) in [5, 5.41) is 3.16. The fourth-order valence-corrected chi connectivity index (χ4v) is 2.05. The van der Waals surface area contributed by atoms with Gasteiger partial charge in [0.2, 0.25) is 0 Å². The normalized spacial score (nSPS) is 11.3. The lowest BCUT2D eigenvalue weighted by Gasteiger charge is -2.18. The molecule has 0 saturated heterocycles. The molecule has 2 heterocycles. The molecule has 4 nitrogen and oxygen atoms in total. The molecular formula is C16H18ClN3O. The minimum Gasteiger partial charge on any atom is -0.322 e. The highest BCUT2D eigenvalue weighted by molar-refractivity contribution is 6.29. The van der Waals surface area contributed by atoms with Crippen LogP contribution in [0.1, 0.15) is 42.5 Å². The van der Waals surface area contributed by atoms with Crippen LogP contribution >= 0.6 is 11.6 Å². The number of amides is 1. The Bertz CT molecular complexity index is 677. The molecule has 0 saturated carbocycles. The summed E-state index contributed by atoms with van der Waals surface area (Å²) >= 11 is 6.03. The third kappa shape index (κ3) is 4.02. The van der Waals surface area contributed by atoms with E-state index in [4.69, 9.17) is 11.6 Å². The van der Waals surface area contributed by atoms with E-state index in [2.05, 4.69) is 15.3 Å². The minimum atomic E-state index is -0.213. The van der Waals surface area contributed by atoms with E-state index in [0.717, 1.165) is 11.4 Å². The minimum absolute atomic E-state index is 0.173. The van der Waals surface area contributed by atoms with Gasteiger partial charge in [0, 0.05) is 34.3 Å². The number of nitrogens with zero attached hydrogens (tertiary/aromatic N) is 2. The van der Waals surface area contributed by atoms with E-state index in [9.17, 15) is 4.79 Å². The van der Waals surface area contributed by atoms with Crippen molar-refractivity contribution in [1.82, 2.24) is 9.97 Å². The first-order chi connectivity index (χ1) is 9.75. The third-order valence-corrected chi connectivity index (χ3v) is 3.17. The summed E-state index contributed by atoms with van der Waals surface area (Å²) in [4.78, 5) is 20.7. The van der Waals surface area contributed by atoms with Crippen molar-refractivity contribution in [2.75, 3.05) is 5.32 Å². The molecule has 2 aromatic heterocycles. The number of carbonyl (C=O) groups is 1. The maximum atomic E-state index is 12.3. The van der Waals surface area contributed by atoms with Crippen LogP contribution in [0.5, 0.6) is 0 Å². The van der Waals surface area contributed by atoms with Crippen molar-refractivity contribution in [3.8, 4) is 0 Å². The molecule has 2 aromatic rings. The van der Waals surface area contributed by atoms with Gasteiger partial charge in [-0.25, -0.2) is 4.98 Å². The number of rotatable bonds is 2. The topological polar surface area (TPSA) is 54.9 Å². The Morgan fingerprint density at radius 1 is 1.24 bits per heavy atom. The molecule has 0 atom stereocenters. The van der Waals surface area contributed by atoms with Crippen LogP contribution in [0.4, 0.5) is 5.69 Å². The maximum Gasteiger partial charge on any atom is 0.255 e. The fraction of sp³-hybridized carbons (Fsp3) is 0.312. The van der Waals surface area contributed by atoms with E-state index < -0.39 is 0 Å². The number of halogens is 1. The van der Waals surface area contributed by atoms with Gasteiger partial charge in [-0.05, 0) is 31.2 Å². The van der Waals surface area contributed by atoms with Gasteiger partial charge in [-0.1, -0.05) is 32.4 Å². The van der Waals surface area contributed by atoms with E-state index in [1.807, 2.05) is 33.8 Å². The molecule has 2 rings (SSSR count). The fourth-order valence-electron chi connectivity index (χ4n) is 1.84. The van der Waals surface area contributed by atoms with Gasteiger partial charge in [-0.15, -0.1) is 0 Å². The van der Waals surface area contributed by atoms with E-state index in [0.29, 0.717) is 16.4 Å². The quantitative estimate of drug-likeness (QED) is 0.854. The summed E-state index contributed by atoms with van der Waals surface area (Å²) < 4.78 is 0. The molecule has 0 aromatic carbocycles. The predicted octanol–water partition coefficient (Wildman–Crippen LogP) is 3.99. The van der Waals surface area contributed by atoms with Crippen LogP contribution in [0.2, 0.25) is 5.15 Å². The average Bonchev–Trinajstić information content (AvgIpc) is 2.37. The Labute approximate surface area is 129 Å². The Kier molecular flexibility index (Phi) is 4.28. The summed E-state index contributed by atoms with van der Waals surface area (Å²) in [7, 11) is 0. The molecule has 0 aliphatic carbocycles. The van der Waals surface area contributed by atoms with E-state index in [1.54, 1.807) is 24.4 Å². The molecule has 0 spiro atoms. The van der Waals surface area contributed by atoms with Gasteiger partial charge in [0.05, 0.1) is 0 Å². The van der Waals surface area contributed by atoms with Crippen LogP contribution in [0, 0.1) is 6.92 Å². The van der Waals surface area contributed by atoms with Crippen molar-refractivity contribution in [3.63, 3.8) is 0 Å². The summed E-state index contributed by atoms with van der Waals surface area (Å²) in [6.45, 7) is 7.95. The highest BCUT2D eigenvalue weighted by Crippen LogP contribution is 2.23. The first-order valence-electron chi connectivity index (χ1n) is 6.68. The second-order valence-electron chi connectivity index (χ2n) is 5.95. The van der Waals surface area contributed by atoms with Crippen LogP contribution < -0.4 is 5.32 Å². The maximum absolute atomic E-state index is 12.3. The predicted molar refractivity (Wildman–Crippen MR) is 84.9 cm³/mol. The molecule has 0 bridgehead atoms. The lowest BCUT2D eigenvalue weighted by Crippen LogP contribution is -2.17. The van der Waals surface area contributed by atoms with E-state index in [-0.39, 0.29) is 11.3 Å². The molecule has 0 radical (unpaired) electrons. The van der Waals surface area contributed by atoms with Crippen LogP contribution in [-0.4, -0.2) is 15.9 Å². The highest BCUT2D eigenvalue weighted by Gasteiger charge is 2.19. The molecule has 0 aliphatic rings. The largest absolute Gasteiger partial charge is 0.322 e. The summed E-state index contributed by atoms with van der Waals surface area (Å²) in [5.74, 6) is -0.213. The second-order valence-corrected chi connectivity index (χ2v) is 6.34. The summed E-state index contributed by atoms with van der Waals surface area (Å²) in [6, 6.07) is 6.90. The molecule has 0 unspecified atom stereocenters. The number of hydrogen-bond donors (Lipinski definition) is 1. The molecule has 0 fully saturated rings. The molecule has 110 valence electrons. The van der Waals surface area contributed by atoms with Gasteiger partial charge in [-0.3, -0.25) is 9.78 Å². The number of hydrogen-bond acceptors (Lipinski definition) is 3. The Morgan fingerprint density at radius 3 is 2.57 bits per heavy atom. The van der Waals surface area contributed by atoms with Crippen LogP contribution in [0.15, 0.2) is 30.5 Å². The Balaban J connectivity index is 2.29. The van der Waals surface area contributed by atoms with Gasteiger partial charge in [-0.2, -0.15) is 0 Å². The van der Waals surface area contributed by atoms with Crippen molar-refractivity contribution >= 4 is 23.2 Å². The number of anilines is 1. The number of aromatic nitrogens is 2. The summed E-state index contributed by atoms with van der Waals surface area (Å²) in [6.07, 6.45) is 1.66. The van der Waals surface area contributed by atoms with Gasteiger partial charge >= 0.3 is 0 Å². The lowest BCUT2D eigenvalue weighted by molar-refractivity contribution is 0.102. The lowest BCUT2D eigenvalue weighted by atomic mass is 9.91. The number of nitrogens with one attached hydrogen (secondary N) is 1. The zero-order valence-corrected chi connectivity index (χ0v) is 13.3. The average molecular weight is 304 g/mol. The zero-order chi connectivity index (χ0) is 15.6. The summed E-state index contributed by atoms with van der Waals surface area (Å²) in [5.41, 5.74) is 2.65. The SMILES string of the molecule is Cc1cc(NC(=O)c2cc(Cl)nc(C(C)(C)C)c2)ccn1. The van der Waals surface area contributed by atoms with Crippen molar-refractivity contribution in [1.29, 1.82) is 0 Å². The Hall–Kier alpha value is -1.94. The van der Waals surface area contributed by atoms with Gasteiger partial charge < -0.3 is 5.32 Å². The second kappa shape index (κ2) is 5.82. The standard InChI is InChI=1S/C16H18ClN3O/c1-10-7-12(5-6-18-10)19-15(21)11-8-13(16(2,3)4)20-14(17)9-11/h5-9H,1-4H3,(H,18,19,21). The van der Waals surface area contributed by atoms with Crippen LogP contribution in [0.3, 0.4) is 0 Å². The molecule has 5 heteroatoms. The van der Waals surface area contributed by atoms with E-state index in [1.165, 1.54) is 0 Å². The number of aryl methyl sites for hydroxylation is 1. The van der Waals surface area contributed by atoms with Crippen molar-refractivity contribution in [2.24, 2.45) is 0 Å². The van der Waals surface area contributed by atoms with Crippen LogP contribution in [0.25, 0.3) is 0 Å². The Morgan fingerprint density at radius 2 is 1.95 bits per heavy atom. The van der Waals surface area contributed by atoms with Gasteiger partial charge in [0.25, 0.3) is 5.91 Å². The monoisotopic (exact) mass is 303 g/mol. The van der Waals surface area contributed by atoms with Crippen LogP contribution in [-0.2, 0) is 5.41 Å². The number of pyridine rings is 2. The first kappa shape index (κ1) is 15.4. The molecule has 1 N–H and O–H groups in total. The smallest absolute Gasteiger partial charge is 0.255 e.